The molecule has 0 aromatic carbocycles. The number of likely N-dealkylation sites (tertiary alicyclic amines) is 1. The third-order valence-corrected chi connectivity index (χ3v) is 10.1. The Morgan fingerprint density at radius 1 is 1.35 bits per heavy atom. The molecule has 5 atom stereocenters. The summed E-state index contributed by atoms with van der Waals surface area (Å²) in [4.78, 5) is 14.0. The molecule has 4 aliphatic rings. The third kappa shape index (κ3) is 3.81. The highest BCUT2D eigenvalue weighted by molar-refractivity contribution is 7.89. The highest BCUT2D eigenvalue weighted by Gasteiger charge is 2.70. The molecule has 1 saturated carbocycles. The Hall–Kier alpha value is -1.50. The van der Waals surface area contributed by atoms with E-state index in [9.17, 15) is 22.9 Å². The maximum absolute atomic E-state index is 13.7. The predicted octanol–water partition coefficient (Wildman–Crippen LogP) is 2.32. The second kappa shape index (κ2) is 7.82. The molecule has 9 heteroatoms. The summed E-state index contributed by atoms with van der Waals surface area (Å²) in [5.74, 6) is 0.269. The molecule has 5 unspecified atom stereocenters. The highest BCUT2D eigenvalue weighted by Crippen LogP contribution is 2.60. The van der Waals surface area contributed by atoms with Gasteiger partial charge in [-0.3, -0.25) is 10.1 Å². The number of rotatable bonds is 5. The van der Waals surface area contributed by atoms with Crippen LogP contribution in [-0.4, -0.2) is 66.3 Å². The minimum absolute atomic E-state index is 0.0156. The van der Waals surface area contributed by atoms with Gasteiger partial charge in [-0.1, -0.05) is 26.0 Å². The van der Waals surface area contributed by atoms with Crippen LogP contribution < -0.4 is 5.32 Å². The predicted molar refractivity (Wildman–Crippen MR) is 115 cm³/mol. The number of carbonyl (C=O) groups is 1. The van der Waals surface area contributed by atoms with Gasteiger partial charge in [0.25, 0.3) is 0 Å². The summed E-state index contributed by atoms with van der Waals surface area (Å²) in [5, 5.41) is 12.7. The number of nitrogens with one attached hydrogen (secondary N) is 1. The van der Waals surface area contributed by atoms with Crippen LogP contribution in [0.3, 0.4) is 0 Å². The summed E-state index contributed by atoms with van der Waals surface area (Å²) in [6, 6.07) is 1.33. The van der Waals surface area contributed by atoms with E-state index >= 15 is 0 Å². The molecule has 4 rings (SSSR count). The monoisotopic (exact) mass is 452 g/mol. The molecule has 1 N–H and O–H groups in total. The lowest BCUT2D eigenvalue weighted by molar-refractivity contribution is -0.130. The van der Waals surface area contributed by atoms with Crippen LogP contribution in [0.2, 0.25) is 0 Å². The van der Waals surface area contributed by atoms with E-state index in [0.717, 1.165) is 31.3 Å². The van der Waals surface area contributed by atoms with Crippen LogP contribution in [0, 0.1) is 22.7 Å². The van der Waals surface area contributed by atoms with Crippen molar-refractivity contribution >= 4 is 15.9 Å². The van der Waals surface area contributed by atoms with E-state index in [2.05, 4.69) is 25.7 Å². The Bertz CT molecular complexity index is 914. The first kappa shape index (κ1) is 22.7. The maximum atomic E-state index is 13.7. The van der Waals surface area contributed by atoms with Crippen LogP contribution >= 0.6 is 0 Å². The van der Waals surface area contributed by atoms with Crippen LogP contribution in [0.4, 0.5) is 4.39 Å². The van der Waals surface area contributed by atoms with Gasteiger partial charge in [0.15, 0.2) is 0 Å². The number of amides is 1. The fourth-order valence-corrected chi connectivity index (χ4v) is 7.86. The van der Waals surface area contributed by atoms with Gasteiger partial charge >= 0.3 is 0 Å². The van der Waals surface area contributed by atoms with Crippen molar-refractivity contribution in [3.63, 3.8) is 0 Å². The van der Waals surface area contributed by atoms with Gasteiger partial charge in [0.05, 0.1) is 30.1 Å². The van der Waals surface area contributed by atoms with E-state index < -0.39 is 22.2 Å². The first-order chi connectivity index (χ1) is 14.5. The van der Waals surface area contributed by atoms with Gasteiger partial charge in [0.1, 0.15) is 12.2 Å². The quantitative estimate of drug-likeness (QED) is 0.509. The fraction of sp³-hybridized carbons (Fsp3) is 0.818. The number of hydrogen-bond donors (Lipinski definition) is 1. The molecule has 3 saturated heterocycles. The molecule has 3 heterocycles. The van der Waals surface area contributed by atoms with Crippen molar-refractivity contribution in [2.24, 2.45) is 11.3 Å². The average molecular weight is 453 g/mol. The molecule has 0 radical (unpaired) electrons. The van der Waals surface area contributed by atoms with Gasteiger partial charge < -0.3 is 4.90 Å². The van der Waals surface area contributed by atoms with E-state index in [-0.39, 0.29) is 54.1 Å². The summed E-state index contributed by atoms with van der Waals surface area (Å²) in [5.41, 5.74) is 0.417. The number of carbonyl (C=O) groups excluding carboxylic acids is 1. The van der Waals surface area contributed by atoms with Crippen molar-refractivity contribution in [2.45, 2.75) is 82.7 Å². The maximum Gasteiger partial charge on any atom is 0.227 e. The van der Waals surface area contributed by atoms with Crippen LogP contribution in [0.15, 0.2) is 12.2 Å². The minimum Gasteiger partial charge on any atom is -0.323 e. The number of sulfonamides is 1. The SMILES string of the molecule is C=C(CC(=O)N1CC(F)CC1C#N)CC1CCC2(NC2N2CCCCS2(=O)=O)C1(C)C. The van der Waals surface area contributed by atoms with Gasteiger partial charge in [-0.2, -0.15) is 9.57 Å². The summed E-state index contributed by atoms with van der Waals surface area (Å²) in [7, 11) is -3.21. The molecule has 0 aromatic heterocycles. The minimum atomic E-state index is -3.21. The lowest BCUT2D eigenvalue weighted by atomic mass is 9.72. The zero-order valence-corrected chi connectivity index (χ0v) is 19.3. The van der Waals surface area contributed by atoms with Crippen molar-refractivity contribution < 1.29 is 17.6 Å². The summed E-state index contributed by atoms with van der Waals surface area (Å²) in [6.07, 6.45) is 3.06. The molecule has 7 nitrogen and oxygen atoms in total. The number of hydrogen-bond acceptors (Lipinski definition) is 5. The molecule has 31 heavy (non-hydrogen) atoms. The fourth-order valence-electron chi connectivity index (χ4n) is 6.09. The van der Waals surface area contributed by atoms with E-state index in [1.807, 2.05) is 6.07 Å². The van der Waals surface area contributed by atoms with E-state index in [1.54, 1.807) is 4.31 Å². The van der Waals surface area contributed by atoms with Gasteiger partial charge in [-0.25, -0.2) is 12.8 Å². The summed E-state index contributed by atoms with van der Waals surface area (Å²) in [6.45, 7) is 9.04. The lowest BCUT2D eigenvalue weighted by Gasteiger charge is -2.35. The number of alkyl halides is 1. The van der Waals surface area contributed by atoms with Crippen molar-refractivity contribution in [1.82, 2.24) is 14.5 Å². The van der Waals surface area contributed by atoms with Crippen LogP contribution in [0.5, 0.6) is 0 Å². The lowest BCUT2D eigenvalue weighted by Crippen LogP contribution is -2.45. The molecule has 1 spiro atoms. The molecular weight excluding hydrogens is 419 g/mol. The van der Waals surface area contributed by atoms with Crippen LogP contribution in [0.25, 0.3) is 0 Å². The largest absolute Gasteiger partial charge is 0.323 e. The standard InChI is InChI=1S/C22H33FN4O3S/c1-15(11-19(28)26-14-17(23)12-18(26)13-24)10-16-6-7-22(21(16,2)3)20(25-22)27-8-4-5-9-31(27,29)30/h16-18,20,25H,1,4-12,14H2,2-3H3. The van der Waals surface area contributed by atoms with Gasteiger partial charge in [0, 0.05) is 19.4 Å². The molecular formula is C22H33FN4O3S. The second-order valence-corrected chi connectivity index (χ2v) is 12.3. The number of nitriles is 1. The molecule has 4 fully saturated rings. The van der Waals surface area contributed by atoms with Gasteiger partial charge in [-0.05, 0) is 43.4 Å². The zero-order chi connectivity index (χ0) is 22.6. The Labute approximate surface area is 184 Å². The van der Waals surface area contributed by atoms with Crippen LogP contribution in [0.1, 0.15) is 58.8 Å². The molecule has 0 aromatic rings. The summed E-state index contributed by atoms with van der Waals surface area (Å²) >= 11 is 0. The first-order valence-corrected chi connectivity index (χ1v) is 12.9. The third-order valence-electron chi connectivity index (χ3n) is 8.17. The van der Waals surface area contributed by atoms with Crippen molar-refractivity contribution in [3.05, 3.63) is 12.2 Å². The zero-order valence-electron chi connectivity index (χ0n) is 18.4. The Balaban J connectivity index is 1.38. The van der Waals surface area contributed by atoms with Crippen LogP contribution in [-0.2, 0) is 14.8 Å². The Morgan fingerprint density at radius 3 is 2.77 bits per heavy atom. The van der Waals surface area contributed by atoms with E-state index in [4.69, 9.17) is 0 Å². The number of halogens is 1. The second-order valence-electron chi connectivity index (χ2n) is 10.3. The van der Waals surface area contributed by atoms with Gasteiger partial charge in [-0.15, -0.1) is 0 Å². The van der Waals surface area contributed by atoms with Crippen molar-refractivity contribution in [3.8, 4) is 6.07 Å². The molecule has 0 bridgehead atoms. The molecule has 172 valence electrons. The Morgan fingerprint density at radius 2 is 2.10 bits per heavy atom. The van der Waals surface area contributed by atoms with Gasteiger partial charge in [0.2, 0.25) is 15.9 Å². The molecule has 1 amide bonds. The topological polar surface area (TPSA) is 103 Å². The normalized spacial score (nSPS) is 38.8. The molecule has 1 aliphatic carbocycles. The first-order valence-electron chi connectivity index (χ1n) is 11.3. The Kier molecular flexibility index (Phi) is 5.72. The number of nitrogens with zero attached hydrogens (tertiary/aromatic N) is 3. The summed E-state index contributed by atoms with van der Waals surface area (Å²) < 4.78 is 40.5. The molecule has 3 aliphatic heterocycles. The van der Waals surface area contributed by atoms with Crippen molar-refractivity contribution in [1.29, 1.82) is 5.26 Å². The van der Waals surface area contributed by atoms with Crippen molar-refractivity contribution in [2.75, 3.05) is 18.8 Å². The van der Waals surface area contributed by atoms with E-state index in [1.165, 1.54) is 4.90 Å². The van der Waals surface area contributed by atoms with E-state index in [0.29, 0.717) is 13.0 Å². The smallest absolute Gasteiger partial charge is 0.227 e. The highest BCUT2D eigenvalue weighted by atomic mass is 32.2. The average Bonchev–Trinajstić information content (AvgIpc) is 3.22.